The Kier molecular flexibility index (Phi) is 6.19. The van der Waals surface area contributed by atoms with E-state index in [1.165, 1.54) is 22.2 Å². The van der Waals surface area contributed by atoms with Crippen LogP contribution in [0.15, 0.2) is 46.9 Å². The van der Waals surface area contributed by atoms with Gasteiger partial charge in [0.2, 0.25) is 11.1 Å². The molecule has 1 N–H and O–H groups in total. The summed E-state index contributed by atoms with van der Waals surface area (Å²) in [5.41, 5.74) is 2.30. The van der Waals surface area contributed by atoms with E-state index in [-0.39, 0.29) is 5.91 Å². The quantitative estimate of drug-likeness (QED) is 0.615. The van der Waals surface area contributed by atoms with Crippen molar-refractivity contribution in [3.8, 4) is 0 Å². The Balaban J connectivity index is 1.46. The Hall–Kier alpha value is -2.19. The van der Waals surface area contributed by atoms with Crippen molar-refractivity contribution in [1.29, 1.82) is 0 Å². The van der Waals surface area contributed by atoms with Crippen LogP contribution in [0.5, 0.6) is 0 Å². The highest BCUT2D eigenvalue weighted by Gasteiger charge is 2.10. The van der Waals surface area contributed by atoms with Gasteiger partial charge in [0.15, 0.2) is 0 Å². The molecule has 3 aromatic rings. The first-order valence-electron chi connectivity index (χ1n) is 7.95. The highest BCUT2D eigenvalue weighted by molar-refractivity contribution is 7.99. The fourth-order valence-electron chi connectivity index (χ4n) is 2.29. The summed E-state index contributed by atoms with van der Waals surface area (Å²) in [6, 6.07) is 12.2. The highest BCUT2D eigenvalue weighted by Crippen LogP contribution is 2.15. The zero-order chi connectivity index (χ0) is 17.5. The number of rotatable bonds is 8. The van der Waals surface area contributed by atoms with Crippen LogP contribution in [0.4, 0.5) is 0 Å². The number of thiophene rings is 1. The predicted molar refractivity (Wildman–Crippen MR) is 99.6 cm³/mol. The molecule has 0 fully saturated rings. The number of amides is 1. The van der Waals surface area contributed by atoms with Crippen molar-refractivity contribution in [2.45, 2.75) is 31.6 Å². The third kappa shape index (κ3) is 5.14. The Morgan fingerprint density at radius 1 is 1.28 bits per heavy atom. The van der Waals surface area contributed by atoms with Gasteiger partial charge in [0, 0.05) is 17.8 Å². The molecule has 0 spiro atoms. The van der Waals surface area contributed by atoms with Crippen molar-refractivity contribution >= 4 is 29.0 Å². The van der Waals surface area contributed by atoms with E-state index >= 15 is 0 Å². The van der Waals surface area contributed by atoms with Gasteiger partial charge in [0.1, 0.15) is 0 Å². The minimum atomic E-state index is -0.0268. The number of carbonyl (C=O) groups is 1. The lowest BCUT2D eigenvalue weighted by atomic mass is 10.1. The van der Waals surface area contributed by atoms with E-state index in [1.54, 1.807) is 16.0 Å². The molecule has 1 amide bonds. The molecule has 0 atom stereocenters. The summed E-state index contributed by atoms with van der Waals surface area (Å²) >= 11 is 3.08. The Morgan fingerprint density at radius 3 is 2.96 bits per heavy atom. The number of aromatic nitrogens is 4. The largest absolute Gasteiger partial charge is 0.351 e. The molecule has 0 unspecified atom stereocenters. The summed E-state index contributed by atoms with van der Waals surface area (Å²) < 4.78 is 1.75. The molecule has 3 rings (SSSR count). The summed E-state index contributed by atoms with van der Waals surface area (Å²) in [5.74, 6) is 0.270. The molecule has 8 heteroatoms. The van der Waals surface area contributed by atoms with E-state index in [0.717, 1.165) is 12.0 Å². The van der Waals surface area contributed by atoms with E-state index < -0.39 is 0 Å². The first-order chi connectivity index (χ1) is 12.2. The standard InChI is InChI=1S/C17H19N5OS2/c1-13-5-2-3-6-14(13)11-18-16(23)12-25-17-19-20-21-22(17)9-8-15-7-4-10-24-15/h2-7,10H,8-9,11-12H2,1H3,(H,18,23). The first-order valence-corrected chi connectivity index (χ1v) is 9.81. The molecule has 25 heavy (non-hydrogen) atoms. The Bertz CT molecular complexity index is 816. The second-order valence-electron chi connectivity index (χ2n) is 5.51. The van der Waals surface area contributed by atoms with Crippen molar-refractivity contribution in [3.63, 3.8) is 0 Å². The second-order valence-corrected chi connectivity index (χ2v) is 7.48. The molecule has 0 aliphatic carbocycles. The molecule has 6 nitrogen and oxygen atoms in total. The molecule has 0 aliphatic heterocycles. The van der Waals surface area contributed by atoms with Crippen molar-refractivity contribution in [1.82, 2.24) is 25.5 Å². The minimum Gasteiger partial charge on any atom is -0.351 e. The lowest BCUT2D eigenvalue weighted by molar-refractivity contribution is -0.118. The Labute approximate surface area is 154 Å². The number of aryl methyl sites for hydroxylation is 3. The number of nitrogens with zero attached hydrogens (tertiary/aromatic N) is 4. The fourth-order valence-corrected chi connectivity index (χ4v) is 3.73. The number of tetrazole rings is 1. The number of thioether (sulfide) groups is 1. The van der Waals surface area contributed by atoms with Crippen LogP contribution in [-0.4, -0.2) is 31.9 Å². The maximum Gasteiger partial charge on any atom is 0.230 e. The predicted octanol–water partition coefficient (Wildman–Crippen LogP) is 2.69. The lowest BCUT2D eigenvalue weighted by Gasteiger charge is -2.07. The van der Waals surface area contributed by atoms with E-state index in [4.69, 9.17) is 0 Å². The maximum atomic E-state index is 12.1. The number of hydrogen-bond acceptors (Lipinski definition) is 6. The number of benzene rings is 1. The number of nitrogens with one attached hydrogen (secondary N) is 1. The van der Waals surface area contributed by atoms with E-state index in [9.17, 15) is 4.79 Å². The van der Waals surface area contributed by atoms with Crippen LogP contribution in [0.2, 0.25) is 0 Å². The second kappa shape index (κ2) is 8.77. The monoisotopic (exact) mass is 373 g/mol. The summed E-state index contributed by atoms with van der Waals surface area (Å²) in [6.07, 6.45) is 0.885. The van der Waals surface area contributed by atoms with Gasteiger partial charge in [0.25, 0.3) is 0 Å². The molecule has 1 aromatic carbocycles. The molecular formula is C17H19N5OS2. The zero-order valence-corrected chi connectivity index (χ0v) is 15.5. The smallest absolute Gasteiger partial charge is 0.230 e. The molecule has 0 radical (unpaired) electrons. The topological polar surface area (TPSA) is 72.7 Å². The average Bonchev–Trinajstić information content (AvgIpc) is 3.29. The highest BCUT2D eigenvalue weighted by atomic mass is 32.2. The summed E-state index contributed by atoms with van der Waals surface area (Å²) in [6.45, 7) is 3.29. The van der Waals surface area contributed by atoms with E-state index in [2.05, 4.69) is 32.3 Å². The van der Waals surface area contributed by atoms with E-state index in [1.807, 2.05) is 37.3 Å². The van der Waals surface area contributed by atoms with Crippen molar-refractivity contribution < 1.29 is 4.79 Å². The normalized spacial score (nSPS) is 10.8. The van der Waals surface area contributed by atoms with Crippen molar-refractivity contribution in [2.24, 2.45) is 0 Å². The van der Waals surface area contributed by atoms with Crippen molar-refractivity contribution in [3.05, 3.63) is 57.8 Å². The number of hydrogen-bond donors (Lipinski definition) is 1. The third-order valence-corrected chi connectivity index (χ3v) is 5.61. The molecule has 0 saturated carbocycles. The van der Waals surface area contributed by atoms with Gasteiger partial charge >= 0.3 is 0 Å². The van der Waals surface area contributed by atoms with Crippen molar-refractivity contribution in [2.75, 3.05) is 5.75 Å². The van der Waals surface area contributed by atoms with Gasteiger partial charge in [-0.25, -0.2) is 4.68 Å². The fraction of sp³-hybridized carbons (Fsp3) is 0.294. The lowest BCUT2D eigenvalue weighted by Crippen LogP contribution is -2.25. The van der Waals surface area contributed by atoms with Gasteiger partial charge in [0.05, 0.1) is 12.3 Å². The minimum absolute atomic E-state index is 0.0268. The molecule has 2 aromatic heterocycles. The summed E-state index contributed by atoms with van der Waals surface area (Å²) in [7, 11) is 0. The molecule has 130 valence electrons. The van der Waals surface area contributed by atoms with Crippen LogP contribution in [0, 0.1) is 6.92 Å². The SMILES string of the molecule is Cc1ccccc1CNC(=O)CSc1nnnn1CCc1cccs1. The summed E-state index contributed by atoms with van der Waals surface area (Å²) in [5, 5.41) is 17.4. The molecule has 0 aliphatic rings. The zero-order valence-electron chi connectivity index (χ0n) is 13.9. The van der Waals surface area contributed by atoms with Gasteiger partial charge in [-0.3, -0.25) is 4.79 Å². The molecule has 0 saturated heterocycles. The Morgan fingerprint density at radius 2 is 2.16 bits per heavy atom. The summed E-state index contributed by atoms with van der Waals surface area (Å²) in [4.78, 5) is 13.4. The van der Waals surface area contributed by atoms with Crippen LogP contribution < -0.4 is 5.32 Å². The van der Waals surface area contributed by atoms with Crippen LogP contribution in [0.3, 0.4) is 0 Å². The van der Waals surface area contributed by atoms with Gasteiger partial charge < -0.3 is 5.32 Å². The van der Waals surface area contributed by atoms with Crippen LogP contribution in [-0.2, 0) is 24.3 Å². The van der Waals surface area contributed by atoms with Crippen LogP contribution in [0.25, 0.3) is 0 Å². The molecular weight excluding hydrogens is 354 g/mol. The average molecular weight is 374 g/mol. The molecule has 0 bridgehead atoms. The molecule has 2 heterocycles. The third-order valence-electron chi connectivity index (χ3n) is 3.72. The van der Waals surface area contributed by atoms with Crippen LogP contribution >= 0.6 is 23.1 Å². The first kappa shape index (κ1) is 17.6. The van der Waals surface area contributed by atoms with Gasteiger partial charge in [-0.05, 0) is 39.9 Å². The number of carbonyl (C=O) groups excluding carboxylic acids is 1. The van der Waals surface area contributed by atoms with Gasteiger partial charge in [-0.1, -0.05) is 42.1 Å². The van der Waals surface area contributed by atoms with Gasteiger partial charge in [-0.2, -0.15) is 0 Å². The maximum absolute atomic E-state index is 12.1. The van der Waals surface area contributed by atoms with Gasteiger partial charge in [-0.15, -0.1) is 16.4 Å². The van der Waals surface area contributed by atoms with Crippen LogP contribution in [0.1, 0.15) is 16.0 Å². The van der Waals surface area contributed by atoms with E-state index in [0.29, 0.717) is 24.0 Å².